The fourth-order valence-electron chi connectivity index (χ4n) is 2.53. The first-order valence-electron chi connectivity index (χ1n) is 7.98. The second-order valence-corrected chi connectivity index (χ2v) is 5.63. The highest BCUT2D eigenvalue weighted by molar-refractivity contribution is 5.91. The fraction of sp³-hybridized carbons (Fsp3) is 0.600. The van der Waals surface area contributed by atoms with Crippen LogP contribution in [-0.2, 0) is 4.79 Å². The van der Waals surface area contributed by atoms with Gasteiger partial charge in [0.1, 0.15) is 6.04 Å². The normalized spacial score (nSPS) is 16.4. The monoisotopic (exact) mass is 398 g/mol. The Morgan fingerprint density at radius 3 is 2.54 bits per heavy atom. The van der Waals surface area contributed by atoms with Crippen LogP contribution in [0.5, 0.6) is 0 Å². The van der Waals surface area contributed by atoms with Gasteiger partial charge in [0, 0.05) is 45.7 Å². The number of halogens is 4. The maximum Gasteiger partial charge on any atom is 0.405 e. The lowest BCUT2D eigenvalue weighted by molar-refractivity contribution is -0.184. The number of piperazine rings is 1. The molecule has 1 aliphatic heterocycles. The van der Waals surface area contributed by atoms with E-state index in [-0.39, 0.29) is 44.2 Å². The lowest BCUT2D eigenvalue weighted by Crippen LogP contribution is -2.57. The van der Waals surface area contributed by atoms with Crippen molar-refractivity contribution in [2.75, 3.05) is 39.3 Å². The number of furan rings is 1. The van der Waals surface area contributed by atoms with Gasteiger partial charge in [-0.2, -0.15) is 13.2 Å². The van der Waals surface area contributed by atoms with Crippen LogP contribution in [0.2, 0.25) is 0 Å². The summed E-state index contributed by atoms with van der Waals surface area (Å²) in [6.45, 7) is 1.03. The molecule has 0 aliphatic carbocycles. The van der Waals surface area contributed by atoms with Gasteiger partial charge in [-0.05, 0) is 12.1 Å². The molecule has 2 rings (SSSR count). The Balaban J connectivity index is 0.00000338. The molecule has 0 radical (unpaired) electrons. The maximum absolute atomic E-state index is 13.2. The van der Waals surface area contributed by atoms with E-state index >= 15 is 0 Å². The molecule has 26 heavy (non-hydrogen) atoms. The molecule has 1 aromatic heterocycles. The average Bonchev–Trinajstić information content (AvgIpc) is 3.09. The lowest BCUT2D eigenvalue weighted by atomic mass is 10.2. The van der Waals surface area contributed by atoms with Gasteiger partial charge in [-0.1, -0.05) is 0 Å². The lowest BCUT2D eigenvalue weighted by Gasteiger charge is -2.35. The Morgan fingerprint density at radius 1 is 1.27 bits per heavy atom. The van der Waals surface area contributed by atoms with Crippen molar-refractivity contribution in [3.8, 4) is 0 Å². The van der Waals surface area contributed by atoms with Crippen LogP contribution in [0, 0.1) is 0 Å². The standard InChI is InChI=1S/C15H21F3N4O3.ClH/c16-15(17,18)12(22-7-5-19-6-8-22)10-21-13(23)3-4-20-14(24)11-2-1-9-25-11;/h1-2,9,12,19H,3-8,10H2,(H,20,24)(H,21,23);1H. The van der Waals surface area contributed by atoms with Crippen LogP contribution in [0.3, 0.4) is 0 Å². The summed E-state index contributed by atoms with van der Waals surface area (Å²) in [4.78, 5) is 24.6. The number of hydrogen-bond acceptors (Lipinski definition) is 5. The molecular formula is C15H22ClF3N4O3. The molecule has 0 aromatic carbocycles. The summed E-state index contributed by atoms with van der Waals surface area (Å²) in [6, 6.07) is 1.31. The first-order chi connectivity index (χ1) is 11.9. The van der Waals surface area contributed by atoms with Gasteiger partial charge in [0.15, 0.2) is 5.76 Å². The summed E-state index contributed by atoms with van der Waals surface area (Å²) < 4.78 is 44.5. The van der Waals surface area contributed by atoms with Crippen molar-refractivity contribution in [2.24, 2.45) is 0 Å². The smallest absolute Gasteiger partial charge is 0.405 e. The number of nitrogens with zero attached hydrogens (tertiary/aromatic N) is 1. The third-order valence-corrected chi connectivity index (χ3v) is 3.85. The Hall–Kier alpha value is -1.78. The van der Waals surface area contributed by atoms with Crippen LogP contribution in [0.4, 0.5) is 13.2 Å². The Bertz CT molecular complexity index is 563. The topological polar surface area (TPSA) is 86.6 Å². The molecule has 1 aromatic rings. The number of carbonyl (C=O) groups excluding carboxylic acids is 2. The summed E-state index contributed by atoms with van der Waals surface area (Å²) in [5.74, 6) is -0.924. The predicted octanol–water partition coefficient (Wildman–Crippen LogP) is 0.774. The Kier molecular flexibility index (Phi) is 8.89. The fourth-order valence-corrected chi connectivity index (χ4v) is 2.53. The average molecular weight is 399 g/mol. The van der Waals surface area contributed by atoms with Gasteiger partial charge in [-0.25, -0.2) is 0 Å². The molecule has 1 aliphatic rings. The van der Waals surface area contributed by atoms with Crippen molar-refractivity contribution < 1.29 is 27.2 Å². The molecule has 1 atom stereocenters. The van der Waals surface area contributed by atoms with Gasteiger partial charge < -0.3 is 20.4 Å². The van der Waals surface area contributed by atoms with Crippen LogP contribution in [0.15, 0.2) is 22.8 Å². The van der Waals surface area contributed by atoms with Gasteiger partial charge in [-0.3, -0.25) is 14.5 Å². The number of carbonyl (C=O) groups is 2. The summed E-state index contributed by atoms with van der Waals surface area (Å²) in [5.41, 5.74) is 0. The van der Waals surface area contributed by atoms with Crippen molar-refractivity contribution in [1.82, 2.24) is 20.9 Å². The molecule has 1 fully saturated rings. The van der Waals surface area contributed by atoms with E-state index in [1.165, 1.54) is 17.2 Å². The molecular weight excluding hydrogens is 377 g/mol. The summed E-state index contributed by atoms with van der Waals surface area (Å²) >= 11 is 0. The quantitative estimate of drug-likeness (QED) is 0.631. The van der Waals surface area contributed by atoms with E-state index in [1.807, 2.05) is 0 Å². The number of amides is 2. The highest BCUT2D eigenvalue weighted by atomic mass is 35.5. The summed E-state index contributed by atoms with van der Waals surface area (Å²) in [6.07, 6.45) is -3.19. The first kappa shape index (κ1) is 22.3. The zero-order valence-corrected chi connectivity index (χ0v) is 14.8. The van der Waals surface area contributed by atoms with Crippen LogP contribution in [0.25, 0.3) is 0 Å². The zero-order valence-electron chi connectivity index (χ0n) is 14.0. The van der Waals surface area contributed by atoms with E-state index in [0.717, 1.165) is 0 Å². The van der Waals surface area contributed by atoms with E-state index < -0.39 is 30.6 Å². The minimum Gasteiger partial charge on any atom is -0.459 e. The molecule has 3 N–H and O–H groups in total. The molecule has 1 saturated heterocycles. The van der Waals surface area contributed by atoms with Crippen LogP contribution >= 0.6 is 12.4 Å². The maximum atomic E-state index is 13.2. The molecule has 0 spiro atoms. The molecule has 148 valence electrons. The van der Waals surface area contributed by atoms with Crippen LogP contribution in [-0.4, -0.2) is 68.2 Å². The van der Waals surface area contributed by atoms with Crippen LogP contribution in [0.1, 0.15) is 17.0 Å². The van der Waals surface area contributed by atoms with Gasteiger partial charge in [-0.15, -0.1) is 12.4 Å². The highest BCUT2D eigenvalue weighted by Gasteiger charge is 2.43. The molecule has 7 nitrogen and oxygen atoms in total. The number of alkyl halides is 3. The van der Waals surface area contributed by atoms with Gasteiger partial charge >= 0.3 is 6.18 Å². The molecule has 2 heterocycles. The molecule has 0 saturated carbocycles. The van der Waals surface area contributed by atoms with Gasteiger partial charge in [0.25, 0.3) is 5.91 Å². The van der Waals surface area contributed by atoms with Crippen molar-refractivity contribution in [2.45, 2.75) is 18.6 Å². The largest absolute Gasteiger partial charge is 0.459 e. The van der Waals surface area contributed by atoms with Crippen molar-refractivity contribution in [3.63, 3.8) is 0 Å². The molecule has 1 unspecified atom stereocenters. The third kappa shape index (κ3) is 6.85. The van der Waals surface area contributed by atoms with E-state index in [4.69, 9.17) is 4.42 Å². The van der Waals surface area contributed by atoms with Crippen LogP contribution < -0.4 is 16.0 Å². The van der Waals surface area contributed by atoms with Gasteiger partial charge in [0.05, 0.1) is 6.26 Å². The molecule has 2 amide bonds. The van der Waals surface area contributed by atoms with E-state index in [0.29, 0.717) is 13.1 Å². The predicted molar refractivity (Wildman–Crippen MR) is 90.2 cm³/mol. The van der Waals surface area contributed by atoms with E-state index in [9.17, 15) is 22.8 Å². The Labute approximate surface area is 155 Å². The van der Waals surface area contributed by atoms with Gasteiger partial charge in [0.2, 0.25) is 5.91 Å². The van der Waals surface area contributed by atoms with E-state index in [1.54, 1.807) is 6.07 Å². The number of nitrogens with one attached hydrogen (secondary N) is 3. The minimum absolute atomic E-state index is 0. The van der Waals surface area contributed by atoms with E-state index in [2.05, 4.69) is 16.0 Å². The molecule has 0 bridgehead atoms. The second-order valence-electron chi connectivity index (χ2n) is 5.63. The third-order valence-electron chi connectivity index (χ3n) is 3.85. The number of rotatable bonds is 7. The summed E-state index contributed by atoms with van der Waals surface area (Å²) in [5, 5.41) is 7.75. The van der Waals surface area contributed by atoms with Crippen molar-refractivity contribution in [3.05, 3.63) is 24.2 Å². The SMILES string of the molecule is Cl.O=C(CCNC(=O)c1ccco1)NCC(N1CCNCC1)C(F)(F)F. The summed E-state index contributed by atoms with van der Waals surface area (Å²) in [7, 11) is 0. The van der Waals surface area contributed by atoms with Crippen molar-refractivity contribution in [1.29, 1.82) is 0 Å². The van der Waals surface area contributed by atoms with Crippen molar-refractivity contribution >= 4 is 24.2 Å². The second kappa shape index (κ2) is 10.4. The minimum atomic E-state index is -4.42. The molecule has 11 heteroatoms. The number of hydrogen-bond donors (Lipinski definition) is 3. The Morgan fingerprint density at radius 2 is 1.96 bits per heavy atom. The first-order valence-corrected chi connectivity index (χ1v) is 7.98. The zero-order chi connectivity index (χ0) is 18.3. The highest BCUT2D eigenvalue weighted by Crippen LogP contribution is 2.24.